The third-order valence-corrected chi connectivity index (χ3v) is 2.93. The van der Waals surface area contributed by atoms with Crippen LogP contribution in [0.25, 0.3) is 0 Å². The first-order chi connectivity index (χ1) is 9.85. The quantitative estimate of drug-likeness (QED) is 0.455. The molecule has 5 nitrogen and oxygen atoms in total. The highest BCUT2D eigenvalue weighted by Crippen LogP contribution is 2.11. The molecule has 114 valence electrons. The lowest BCUT2D eigenvalue weighted by Gasteiger charge is -2.26. The molecular weight excluding hydrogens is 277 g/mol. The molecule has 0 fully saturated rings. The number of halogens is 1. The van der Waals surface area contributed by atoms with E-state index in [1.165, 1.54) is 17.0 Å². The highest BCUT2D eigenvalue weighted by atomic mass is 19.1. The van der Waals surface area contributed by atoms with E-state index in [9.17, 15) is 18.8 Å². The summed E-state index contributed by atoms with van der Waals surface area (Å²) in [4.78, 5) is 36.1. The summed E-state index contributed by atoms with van der Waals surface area (Å²) in [7, 11) is 1.09. The van der Waals surface area contributed by atoms with Crippen LogP contribution in [0.2, 0.25) is 0 Å². The van der Waals surface area contributed by atoms with Crippen molar-refractivity contribution in [2.45, 2.75) is 32.9 Å². The van der Waals surface area contributed by atoms with Crippen molar-refractivity contribution in [3.05, 3.63) is 35.6 Å². The molecule has 21 heavy (non-hydrogen) atoms. The van der Waals surface area contributed by atoms with Crippen LogP contribution in [0.5, 0.6) is 0 Å². The molecule has 0 spiro atoms. The van der Waals surface area contributed by atoms with Crippen LogP contribution in [0, 0.1) is 5.82 Å². The van der Waals surface area contributed by atoms with Crippen LogP contribution in [0.1, 0.15) is 25.8 Å². The molecule has 0 saturated carbocycles. The van der Waals surface area contributed by atoms with Gasteiger partial charge in [0.25, 0.3) is 0 Å². The maximum absolute atomic E-state index is 12.9. The summed E-state index contributed by atoms with van der Waals surface area (Å²) in [6.45, 7) is 3.83. The minimum absolute atomic E-state index is 0.159. The fourth-order valence-corrected chi connectivity index (χ4v) is 1.77. The fraction of sp³-hybridized carbons (Fsp3) is 0.400. The Labute approximate surface area is 122 Å². The van der Waals surface area contributed by atoms with E-state index in [1.54, 1.807) is 26.0 Å². The average molecular weight is 295 g/mol. The normalized spacial score (nSPS) is 10.3. The van der Waals surface area contributed by atoms with Crippen LogP contribution in [0.3, 0.4) is 0 Å². The van der Waals surface area contributed by atoms with Gasteiger partial charge in [0.15, 0.2) is 0 Å². The van der Waals surface area contributed by atoms with Crippen molar-refractivity contribution < 1.29 is 23.5 Å². The van der Waals surface area contributed by atoms with E-state index in [2.05, 4.69) is 4.74 Å². The Morgan fingerprint density at radius 3 is 2.24 bits per heavy atom. The molecule has 0 radical (unpaired) electrons. The molecule has 1 amide bonds. The SMILES string of the molecule is COC(=O)C(=O)CC(=O)N(Cc1ccc(F)cc1)C(C)C. The lowest BCUT2D eigenvalue weighted by molar-refractivity contribution is -0.154. The number of ketones is 1. The molecule has 0 atom stereocenters. The maximum Gasteiger partial charge on any atom is 0.374 e. The van der Waals surface area contributed by atoms with E-state index < -0.39 is 24.1 Å². The number of ether oxygens (including phenoxy) is 1. The Morgan fingerprint density at radius 2 is 1.76 bits per heavy atom. The van der Waals surface area contributed by atoms with Crippen LogP contribution in [-0.4, -0.2) is 35.7 Å². The number of Topliss-reactive ketones (excluding diaryl/α,β-unsaturated/α-hetero) is 1. The van der Waals surface area contributed by atoms with Gasteiger partial charge in [-0.15, -0.1) is 0 Å². The monoisotopic (exact) mass is 295 g/mol. The van der Waals surface area contributed by atoms with E-state index in [-0.39, 0.29) is 18.4 Å². The third kappa shape index (κ3) is 4.98. The van der Waals surface area contributed by atoms with Gasteiger partial charge < -0.3 is 9.64 Å². The van der Waals surface area contributed by atoms with Crippen LogP contribution >= 0.6 is 0 Å². The molecule has 1 aromatic carbocycles. The second-order valence-electron chi connectivity index (χ2n) is 4.83. The summed E-state index contributed by atoms with van der Waals surface area (Å²) in [6.07, 6.45) is -0.536. The molecule has 0 aliphatic heterocycles. The number of carbonyl (C=O) groups excluding carboxylic acids is 3. The predicted octanol–water partition coefficient (Wildman–Crippen LogP) is 1.69. The summed E-state index contributed by atoms with van der Waals surface area (Å²) >= 11 is 0. The molecule has 0 heterocycles. The number of hydrogen-bond acceptors (Lipinski definition) is 4. The Hall–Kier alpha value is -2.24. The van der Waals surface area contributed by atoms with Crippen molar-refractivity contribution in [3.63, 3.8) is 0 Å². The molecule has 1 aromatic rings. The van der Waals surface area contributed by atoms with Gasteiger partial charge in [0, 0.05) is 12.6 Å². The van der Waals surface area contributed by atoms with E-state index in [0.717, 1.165) is 12.7 Å². The van der Waals surface area contributed by atoms with E-state index >= 15 is 0 Å². The molecule has 0 bridgehead atoms. The van der Waals surface area contributed by atoms with Crippen LogP contribution in [-0.2, 0) is 25.7 Å². The molecule has 0 aromatic heterocycles. The number of carbonyl (C=O) groups is 3. The van der Waals surface area contributed by atoms with Crippen molar-refractivity contribution in [3.8, 4) is 0 Å². The zero-order valence-corrected chi connectivity index (χ0v) is 12.3. The number of benzene rings is 1. The molecule has 6 heteroatoms. The first-order valence-corrected chi connectivity index (χ1v) is 6.50. The van der Waals surface area contributed by atoms with Gasteiger partial charge in [-0.05, 0) is 31.5 Å². The molecule has 0 aliphatic carbocycles. The fourth-order valence-electron chi connectivity index (χ4n) is 1.77. The summed E-state index contributed by atoms with van der Waals surface area (Å²) in [5.41, 5.74) is 0.740. The highest BCUT2D eigenvalue weighted by Gasteiger charge is 2.24. The average Bonchev–Trinajstić information content (AvgIpc) is 2.45. The van der Waals surface area contributed by atoms with Gasteiger partial charge >= 0.3 is 5.97 Å². The van der Waals surface area contributed by atoms with E-state index in [4.69, 9.17) is 0 Å². The number of rotatable bonds is 6. The van der Waals surface area contributed by atoms with Gasteiger partial charge in [0.2, 0.25) is 11.7 Å². The lowest BCUT2D eigenvalue weighted by Crippen LogP contribution is -2.38. The Bertz CT molecular complexity index is 525. The lowest BCUT2D eigenvalue weighted by atomic mass is 10.1. The summed E-state index contributed by atoms with van der Waals surface area (Å²) in [6, 6.07) is 5.59. The van der Waals surface area contributed by atoms with Crippen LogP contribution in [0.4, 0.5) is 4.39 Å². The molecular formula is C15H18FNO4. The van der Waals surface area contributed by atoms with Crippen molar-refractivity contribution in [2.24, 2.45) is 0 Å². The maximum atomic E-state index is 12.9. The van der Waals surface area contributed by atoms with E-state index in [1.807, 2.05) is 0 Å². The second-order valence-corrected chi connectivity index (χ2v) is 4.83. The van der Waals surface area contributed by atoms with Crippen molar-refractivity contribution in [1.82, 2.24) is 4.90 Å². The number of methoxy groups -OCH3 is 1. The first kappa shape index (κ1) is 16.8. The number of esters is 1. The summed E-state index contributed by atoms with van der Waals surface area (Å²) in [5, 5.41) is 0. The largest absolute Gasteiger partial charge is 0.463 e. The van der Waals surface area contributed by atoms with Crippen LogP contribution < -0.4 is 0 Å². The summed E-state index contributed by atoms with van der Waals surface area (Å²) in [5.74, 6) is -2.74. The second kappa shape index (κ2) is 7.52. The molecule has 0 saturated heterocycles. The minimum Gasteiger partial charge on any atom is -0.463 e. The highest BCUT2D eigenvalue weighted by molar-refractivity contribution is 6.36. The third-order valence-electron chi connectivity index (χ3n) is 2.93. The number of amides is 1. The van der Waals surface area contributed by atoms with Gasteiger partial charge in [-0.3, -0.25) is 9.59 Å². The van der Waals surface area contributed by atoms with Crippen molar-refractivity contribution in [2.75, 3.05) is 7.11 Å². The summed E-state index contributed by atoms with van der Waals surface area (Å²) < 4.78 is 17.1. The molecule has 1 rings (SSSR count). The predicted molar refractivity (Wildman–Crippen MR) is 73.7 cm³/mol. The minimum atomic E-state index is -1.03. The Kier molecular flexibility index (Phi) is 6.02. The van der Waals surface area contributed by atoms with Gasteiger partial charge in [-0.2, -0.15) is 0 Å². The number of nitrogens with zero attached hydrogens (tertiary/aromatic N) is 1. The van der Waals surface area contributed by atoms with Gasteiger partial charge in [0.1, 0.15) is 5.82 Å². The standard InChI is InChI=1S/C15H18FNO4/c1-10(2)17(9-11-4-6-12(16)7-5-11)14(19)8-13(18)15(20)21-3/h4-7,10H,8-9H2,1-3H3. The van der Waals surface area contributed by atoms with Gasteiger partial charge in [0.05, 0.1) is 13.5 Å². The van der Waals surface area contributed by atoms with Crippen LogP contribution in [0.15, 0.2) is 24.3 Å². The molecule has 0 aliphatic rings. The van der Waals surface area contributed by atoms with Gasteiger partial charge in [-0.1, -0.05) is 12.1 Å². The Morgan fingerprint density at radius 1 is 1.19 bits per heavy atom. The van der Waals surface area contributed by atoms with Crippen molar-refractivity contribution in [1.29, 1.82) is 0 Å². The molecule has 0 N–H and O–H groups in total. The smallest absolute Gasteiger partial charge is 0.374 e. The Balaban J connectivity index is 2.77. The van der Waals surface area contributed by atoms with Crippen molar-refractivity contribution >= 4 is 17.7 Å². The zero-order chi connectivity index (χ0) is 16.0. The zero-order valence-electron chi connectivity index (χ0n) is 12.3. The van der Waals surface area contributed by atoms with E-state index in [0.29, 0.717) is 0 Å². The molecule has 0 unspecified atom stereocenters. The van der Waals surface area contributed by atoms with Gasteiger partial charge in [-0.25, -0.2) is 9.18 Å². The first-order valence-electron chi connectivity index (χ1n) is 6.50. The number of hydrogen-bond donors (Lipinski definition) is 0. The topological polar surface area (TPSA) is 63.7 Å².